The van der Waals surface area contributed by atoms with Gasteiger partial charge in [-0.25, -0.2) is 8.42 Å². The second-order valence-corrected chi connectivity index (χ2v) is 9.85. The predicted octanol–water partition coefficient (Wildman–Crippen LogP) is 3.61. The predicted molar refractivity (Wildman–Crippen MR) is 123 cm³/mol. The number of anilines is 2. The molecule has 164 valence electrons. The van der Waals surface area contributed by atoms with Crippen molar-refractivity contribution < 1.29 is 18.0 Å². The Morgan fingerprint density at radius 2 is 1.84 bits per heavy atom. The Morgan fingerprint density at radius 1 is 1.06 bits per heavy atom. The second kappa shape index (κ2) is 7.72. The maximum absolute atomic E-state index is 13.7. The Morgan fingerprint density at radius 3 is 2.59 bits per heavy atom. The minimum absolute atomic E-state index is 0.121. The van der Waals surface area contributed by atoms with Gasteiger partial charge in [-0.2, -0.15) is 4.31 Å². The zero-order valence-electron chi connectivity index (χ0n) is 17.6. The van der Waals surface area contributed by atoms with Crippen molar-refractivity contribution in [3.05, 3.63) is 66.2 Å². The molecular weight excluding hydrogens is 426 g/mol. The van der Waals surface area contributed by atoms with Gasteiger partial charge in [0.1, 0.15) is 6.04 Å². The average molecular weight is 450 g/mol. The fraction of sp³-hybridized carbons (Fsp3) is 0.250. The third kappa shape index (κ3) is 3.10. The first kappa shape index (κ1) is 20.7. The molecular formula is C24H23N3O4S. The van der Waals surface area contributed by atoms with Gasteiger partial charge < -0.3 is 10.2 Å². The van der Waals surface area contributed by atoms with Crippen LogP contribution in [0.25, 0.3) is 10.8 Å². The molecule has 2 aliphatic rings. The Bertz CT molecular complexity index is 1340. The summed E-state index contributed by atoms with van der Waals surface area (Å²) in [6.45, 7) is 2.67. The van der Waals surface area contributed by atoms with Gasteiger partial charge in [0.2, 0.25) is 15.9 Å². The van der Waals surface area contributed by atoms with Crippen LogP contribution in [0, 0.1) is 0 Å². The molecule has 2 heterocycles. The van der Waals surface area contributed by atoms with Gasteiger partial charge in [-0.3, -0.25) is 9.59 Å². The summed E-state index contributed by atoms with van der Waals surface area (Å²) in [6, 6.07) is 16.7. The van der Waals surface area contributed by atoms with Gasteiger partial charge in [-0.05, 0) is 50.1 Å². The van der Waals surface area contributed by atoms with Crippen LogP contribution in [0.15, 0.2) is 65.6 Å². The van der Waals surface area contributed by atoms with Crippen molar-refractivity contribution in [2.24, 2.45) is 0 Å². The number of hydrogen-bond acceptors (Lipinski definition) is 4. The third-order valence-corrected chi connectivity index (χ3v) is 8.16. The minimum atomic E-state index is -3.96. The molecule has 1 N–H and O–H groups in total. The van der Waals surface area contributed by atoms with Gasteiger partial charge >= 0.3 is 0 Å². The number of sulfonamides is 1. The first-order valence-corrected chi connectivity index (χ1v) is 12.1. The van der Waals surface area contributed by atoms with E-state index in [2.05, 4.69) is 5.32 Å². The van der Waals surface area contributed by atoms with Crippen LogP contribution in [0.2, 0.25) is 0 Å². The lowest BCUT2D eigenvalue weighted by Gasteiger charge is -2.24. The second-order valence-electron chi connectivity index (χ2n) is 7.99. The van der Waals surface area contributed by atoms with Crippen molar-refractivity contribution in [2.45, 2.75) is 30.7 Å². The fourth-order valence-corrected chi connectivity index (χ4v) is 6.57. The molecule has 7 nitrogen and oxygen atoms in total. The highest BCUT2D eigenvalue weighted by Crippen LogP contribution is 2.41. The fourth-order valence-electron chi connectivity index (χ4n) is 4.72. The summed E-state index contributed by atoms with van der Waals surface area (Å²) in [4.78, 5) is 27.5. The van der Waals surface area contributed by atoms with E-state index in [0.717, 1.165) is 5.69 Å². The zero-order valence-corrected chi connectivity index (χ0v) is 18.4. The van der Waals surface area contributed by atoms with Gasteiger partial charge in [0.05, 0.1) is 10.6 Å². The Balaban J connectivity index is 1.54. The highest BCUT2D eigenvalue weighted by Gasteiger charge is 2.41. The maximum Gasteiger partial charge on any atom is 0.258 e. The lowest BCUT2D eigenvalue weighted by atomic mass is 10.1. The Labute approximate surface area is 186 Å². The van der Waals surface area contributed by atoms with Crippen molar-refractivity contribution in [3.8, 4) is 0 Å². The van der Waals surface area contributed by atoms with Crippen LogP contribution in [0.1, 0.15) is 30.1 Å². The molecule has 2 amide bonds. The normalized spacial score (nSPS) is 18.5. The average Bonchev–Trinajstić information content (AvgIpc) is 3.40. The van der Waals surface area contributed by atoms with E-state index in [0.29, 0.717) is 41.4 Å². The van der Waals surface area contributed by atoms with Gasteiger partial charge in [-0.15, -0.1) is 0 Å². The summed E-state index contributed by atoms with van der Waals surface area (Å²) >= 11 is 0. The lowest BCUT2D eigenvalue weighted by molar-refractivity contribution is -0.119. The smallest absolute Gasteiger partial charge is 0.258 e. The molecule has 3 aromatic rings. The minimum Gasteiger partial charge on any atom is -0.325 e. The molecule has 5 rings (SSSR count). The van der Waals surface area contributed by atoms with Crippen LogP contribution in [0.4, 0.5) is 11.4 Å². The highest BCUT2D eigenvalue weighted by molar-refractivity contribution is 7.89. The van der Waals surface area contributed by atoms with E-state index in [1.165, 1.54) is 4.31 Å². The van der Waals surface area contributed by atoms with E-state index in [1.807, 2.05) is 25.1 Å². The third-order valence-electron chi connectivity index (χ3n) is 6.20. The molecule has 0 spiro atoms. The standard InChI is InChI=1S/C24H23N3O4S/c1-2-26-19-13-14-21(17-10-6-11-18(22(17)19)24(26)29)32(30,31)27-15-7-12-20(27)23(28)25-16-8-4-3-5-9-16/h3-6,8-11,13-14,20H,2,7,12,15H2,1H3,(H,25,28)/t20-/m1/s1. The summed E-state index contributed by atoms with van der Waals surface area (Å²) < 4.78 is 28.8. The Hall–Kier alpha value is -3.23. The molecule has 1 fully saturated rings. The van der Waals surface area contributed by atoms with Crippen LogP contribution in [-0.2, 0) is 14.8 Å². The number of nitrogens with zero attached hydrogens (tertiary/aromatic N) is 2. The zero-order chi connectivity index (χ0) is 22.5. The highest BCUT2D eigenvalue weighted by atomic mass is 32.2. The molecule has 32 heavy (non-hydrogen) atoms. The van der Waals surface area contributed by atoms with E-state index in [1.54, 1.807) is 47.4 Å². The molecule has 1 saturated heterocycles. The summed E-state index contributed by atoms with van der Waals surface area (Å²) in [7, 11) is -3.96. The topological polar surface area (TPSA) is 86.8 Å². The number of rotatable bonds is 5. The van der Waals surface area contributed by atoms with Crippen LogP contribution in [0.5, 0.6) is 0 Å². The van der Waals surface area contributed by atoms with Crippen molar-refractivity contribution >= 4 is 44.0 Å². The first-order valence-electron chi connectivity index (χ1n) is 10.7. The van der Waals surface area contributed by atoms with Gasteiger partial charge in [-0.1, -0.05) is 30.3 Å². The quantitative estimate of drug-likeness (QED) is 0.645. The molecule has 0 radical (unpaired) electrons. The molecule has 3 aromatic carbocycles. The molecule has 0 unspecified atom stereocenters. The molecule has 0 aromatic heterocycles. The number of amides is 2. The summed E-state index contributed by atoms with van der Waals surface area (Å²) in [5.41, 5.74) is 1.86. The maximum atomic E-state index is 13.7. The van der Waals surface area contributed by atoms with Gasteiger partial charge in [0.15, 0.2) is 0 Å². The van der Waals surface area contributed by atoms with Crippen molar-refractivity contribution in [3.63, 3.8) is 0 Å². The van der Waals surface area contributed by atoms with E-state index in [-0.39, 0.29) is 23.3 Å². The number of hydrogen-bond donors (Lipinski definition) is 1. The molecule has 8 heteroatoms. The summed E-state index contributed by atoms with van der Waals surface area (Å²) in [6.07, 6.45) is 1.07. The largest absolute Gasteiger partial charge is 0.325 e. The van der Waals surface area contributed by atoms with Gasteiger partial charge in [0, 0.05) is 35.1 Å². The summed E-state index contributed by atoms with van der Waals surface area (Å²) in [5.74, 6) is -0.459. The number of benzene rings is 3. The van der Waals surface area contributed by atoms with Crippen molar-refractivity contribution in [1.29, 1.82) is 0 Å². The molecule has 0 bridgehead atoms. The van der Waals surface area contributed by atoms with Crippen LogP contribution in [-0.4, -0.2) is 43.7 Å². The van der Waals surface area contributed by atoms with E-state index in [4.69, 9.17) is 0 Å². The summed E-state index contributed by atoms with van der Waals surface area (Å²) in [5, 5.41) is 4.00. The number of carbonyl (C=O) groups is 2. The first-order chi connectivity index (χ1) is 15.4. The molecule has 0 aliphatic carbocycles. The Kier molecular flexibility index (Phi) is 4.98. The van der Waals surface area contributed by atoms with Crippen molar-refractivity contribution in [1.82, 2.24) is 4.31 Å². The molecule has 1 atom stereocenters. The van der Waals surface area contributed by atoms with Gasteiger partial charge in [0.25, 0.3) is 5.91 Å². The number of nitrogens with one attached hydrogen (secondary N) is 1. The SMILES string of the molecule is CCN1C(=O)c2cccc3c(S(=O)(=O)N4CCC[C@@H]4C(=O)Nc4ccccc4)ccc1c23. The van der Waals surface area contributed by atoms with E-state index >= 15 is 0 Å². The monoisotopic (exact) mass is 449 g/mol. The van der Waals surface area contributed by atoms with E-state index in [9.17, 15) is 18.0 Å². The molecule has 0 saturated carbocycles. The van der Waals surface area contributed by atoms with Crippen LogP contribution in [0.3, 0.4) is 0 Å². The number of carbonyl (C=O) groups excluding carboxylic acids is 2. The number of para-hydroxylation sites is 1. The van der Waals surface area contributed by atoms with Crippen molar-refractivity contribution in [2.75, 3.05) is 23.3 Å². The lowest BCUT2D eigenvalue weighted by Crippen LogP contribution is -2.43. The van der Waals surface area contributed by atoms with Crippen LogP contribution >= 0.6 is 0 Å². The molecule has 2 aliphatic heterocycles. The van der Waals surface area contributed by atoms with E-state index < -0.39 is 16.1 Å². The van der Waals surface area contributed by atoms with Crippen LogP contribution < -0.4 is 10.2 Å².